The Labute approximate surface area is 210 Å². The third kappa shape index (κ3) is 8.44. The van der Waals surface area contributed by atoms with Crippen molar-refractivity contribution in [3.8, 4) is 5.75 Å². The molecule has 3 rings (SSSR count). The molecule has 0 saturated heterocycles. The molecule has 1 aliphatic rings. The number of hydrogen-bond acceptors (Lipinski definition) is 6. The molecule has 0 aliphatic heterocycles. The van der Waals surface area contributed by atoms with E-state index in [4.69, 9.17) is 10.5 Å². The molecule has 1 heterocycles. The molecule has 35 heavy (non-hydrogen) atoms. The number of rotatable bonds is 11. The minimum absolute atomic E-state index is 0.220. The van der Waals surface area contributed by atoms with E-state index in [1.807, 2.05) is 39.0 Å². The van der Waals surface area contributed by atoms with Crippen LogP contribution in [-0.4, -0.2) is 30.1 Å². The summed E-state index contributed by atoms with van der Waals surface area (Å²) in [7, 11) is 1.65. The predicted molar refractivity (Wildman–Crippen MR) is 146 cm³/mol. The third-order valence-electron chi connectivity index (χ3n) is 5.72. The van der Waals surface area contributed by atoms with Gasteiger partial charge in [0, 0.05) is 24.5 Å². The maximum absolute atomic E-state index is 9.23. The van der Waals surface area contributed by atoms with E-state index in [1.54, 1.807) is 7.11 Å². The Morgan fingerprint density at radius 2 is 1.91 bits per heavy atom. The lowest BCUT2D eigenvalue weighted by molar-refractivity contribution is 0.287. The van der Waals surface area contributed by atoms with Gasteiger partial charge in [-0.2, -0.15) is 0 Å². The van der Waals surface area contributed by atoms with Crippen molar-refractivity contribution in [2.24, 2.45) is 10.7 Å². The lowest BCUT2D eigenvalue weighted by Gasteiger charge is -2.20. The quantitative estimate of drug-likeness (QED) is 0.250. The van der Waals surface area contributed by atoms with Crippen LogP contribution in [0.3, 0.4) is 0 Å². The summed E-state index contributed by atoms with van der Waals surface area (Å²) in [6, 6.07) is 9.97. The van der Waals surface area contributed by atoms with Gasteiger partial charge < -0.3 is 26.2 Å². The van der Waals surface area contributed by atoms with Gasteiger partial charge in [0.15, 0.2) is 0 Å². The van der Waals surface area contributed by atoms with Crippen molar-refractivity contribution in [2.75, 3.05) is 19.0 Å². The Balaban J connectivity index is 0.00000210. The number of ether oxygens (including phenoxy) is 1. The number of anilines is 1. The van der Waals surface area contributed by atoms with Crippen molar-refractivity contribution >= 4 is 17.7 Å². The summed E-state index contributed by atoms with van der Waals surface area (Å²) in [5.74, 6) is 0.747. The van der Waals surface area contributed by atoms with E-state index < -0.39 is 0 Å². The van der Waals surface area contributed by atoms with Gasteiger partial charge in [-0.15, -0.1) is 0 Å². The van der Waals surface area contributed by atoms with E-state index >= 15 is 0 Å². The number of aliphatic hydroxyl groups excluding tert-OH is 1. The number of methoxy groups -OCH3 is 1. The van der Waals surface area contributed by atoms with Crippen molar-refractivity contribution in [2.45, 2.75) is 66.5 Å². The van der Waals surface area contributed by atoms with E-state index in [1.165, 1.54) is 23.2 Å². The molecule has 7 nitrogen and oxygen atoms in total. The van der Waals surface area contributed by atoms with Crippen LogP contribution in [0, 0.1) is 6.92 Å². The fourth-order valence-electron chi connectivity index (χ4n) is 3.95. The smallest absolute Gasteiger partial charge is 0.142 e. The summed E-state index contributed by atoms with van der Waals surface area (Å²) in [6.45, 7) is 9.55. The molecule has 1 aliphatic carbocycles. The molecular formula is C28H41N5O2. The molecule has 0 unspecified atom stereocenters. The van der Waals surface area contributed by atoms with Crippen molar-refractivity contribution in [3.05, 3.63) is 70.2 Å². The van der Waals surface area contributed by atoms with E-state index in [9.17, 15) is 5.11 Å². The fraction of sp³-hybridized carbons (Fsp3) is 0.429. The van der Waals surface area contributed by atoms with Gasteiger partial charge >= 0.3 is 0 Å². The summed E-state index contributed by atoms with van der Waals surface area (Å²) in [5, 5.41) is 16.3. The summed E-state index contributed by atoms with van der Waals surface area (Å²) in [5.41, 5.74) is 14.1. The first-order valence-electron chi connectivity index (χ1n) is 12.4. The number of aliphatic imine (C=N–C) groups is 1. The first-order chi connectivity index (χ1) is 17.0. The van der Waals surface area contributed by atoms with Crippen LogP contribution >= 0.6 is 0 Å². The predicted octanol–water partition coefficient (Wildman–Crippen LogP) is 5.51. The minimum Gasteiger partial charge on any atom is -0.495 e. The lowest BCUT2D eigenvalue weighted by Crippen LogP contribution is -2.16. The van der Waals surface area contributed by atoms with Crippen molar-refractivity contribution in [1.82, 2.24) is 10.3 Å². The summed E-state index contributed by atoms with van der Waals surface area (Å²) in [4.78, 5) is 8.90. The molecule has 5 N–H and O–H groups in total. The van der Waals surface area contributed by atoms with Gasteiger partial charge in [-0.1, -0.05) is 25.5 Å². The zero-order valence-corrected chi connectivity index (χ0v) is 21.8. The number of benzene rings is 1. The van der Waals surface area contributed by atoms with Crippen LogP contribution in [-0.2, 0) is 13.1 Å². The number of nitrogens with one attached hydrogen (secondary N) is 2. The van der Waals surface area contributed by atoms with Crippen LogP contribution in [0.25, 0.3) is 0 Å². The average molecular weight is 480 g/mol. The first-order valence-corrected chi connectivity index (χ1v) is 12.4. The molecule has 7 heteroatoms. The number of pyridine rings is 1. The Kier molecular flexibility index (Phi) is 11.8. The molecule has 190 valence electrons. The Morgan fingerprint density at radius 3 is 2.63 bits per heavy atom. The standard InChI is InChI=1S/C26H35N5O2.C2H6/c1-18-6-9-21(5-4-12-32)23(13-18)28-15-20-8-10-22(30-17-27)24(14-20)29-16-25-26(33-3)11-7-19(2)31-25;1-2/h7-8,10-11,13-14,17,28-29,32H,4-6,9,12,15-16H2,1-3H3,(H2,27,30);1-2H3. The number of aliphatic hydroxyl groups is 1. The van der Waals surface area contributed by atoms with Crippen molar-refractivity contribution in [1.29, 1.82) is 0 Å². The zero-order chi connectivity index (χ0) is 25.6. The van der Waals surface area contributed by atoms with E-state index in [0.29, 0.717) is 13.1 Å². The Bertz CT molecular complexity index is 1040. The van der Waals surface area contributed by atoms with Crippen LogP contribution in [0.2, 0.25) is 0 Å². The number of allylic oxidation sites excluding steroid dienone is 3. The van der Waals surface area contributed by atoms with Crippen LogP contribution in [0.15, 0.2) is 58.2 Å². The lowest BCUT2D eigenvalue weighted by atomic mass is 9.93. The van der Waals surface area contributed by atoms with Gasteiger partial charge in [0.1, 0.15) is 11.4 Å². The molecular weight excluding hydrogens is 438 g/mol. The molecule has 0 amide bonds. The summed E-state index contributed by atoms with van der Waals surface area (Å²) < 4.78 is 5.45. The van der Waals surface area contributed by atoms with Crippen LogP contribution in [0.1, 0.15) is 63.4 Å². The molecule has 1 aromatic heterocycles. The summed E-state index contributed by atoms with van der Waals surface area (Å²) in [6.07, 6.45) is 7.39. The van der Waals surface area contributed by atoms with Gasteiger partial charge in [0.25, 0.3) is 0 Å². The second-order valence-electron chi connectivity index (χ2n) is 8.27. The monoisotopic (exact) mass is 479 g/mol. The molecule has 1 aromatic carbocycles. The Hall–Kier alpha value is -3.32. The highest BCUT2D eigenvalue weighted by Crippen LogP contribution is 2.29. The molecule has 0 fully saturated rings. The highest BCUT2D eigenvalue weighted by atomic mass is 16.5. The molecule has 0 saturated carbocycles. The molecule has 0 radical (unpaired) electrons. The molecule has 0 bridgehead atoms. The number of aromatic nitrogens is 1. The van der Waals surface area contributed by atoms with Crippen LogP contribution in [0.5, 0.6) is 5.75 Å². The van der Waals surface area contributed by atoms with Gasteiger partial charge in [0.2, 0.25) is 0 Å². The molecule has 2 aromatic rings. The topological polar surface area (TPSA) is 105 Å². The maximum Gasteiger partial charge on any atom is 0.142 e. The first kappa shape index (κ1) is 27.9. The third-order valence-corrected chi connectivity index (χ3v) is 5.72. The SMILES string of the molecule is CC.COc1ccc(C)nc1CNc1cc(CNC2=C(CCCO)CCC(C)=C2)ccc1N=CN. The molecule has 0 atom stereocenters. The maximum atomic E-state index is 9.23. The van der Waals surface area contributed by atoms with Gasteiger partial charge in [0.05, 0.1) is 31.4 Å². The number of hydrogen-bond donors (Lipinski definition) is 4. The van der Waals surface area contributed by atoms with Crippen LogP contribution in [0.4, 0.5) is 11.4 Å². The fourth-order valence-corrected chi connectivity index (χ4v) is 3.95. The van der Waals surface area contributed by atoms with Gasteiger partial charge in [-0.3, -0.25) is 4.98 Å². The highest BCUT2D eigenvalue weighted by molar-refractivity contribution is 5.71. The second-order valence-corrected chi connectivity index (χ2v) is 8.27. The van der Waals surface area contributed by atoms with E-state index in [2.05, 4.69) is 45.7 Å². The number of nitrogens with two attached hydrogens (primary N) is 1. The summed E-state index contributed by atoms with van der Waals surface area (Å²) >= 11 is 0. The minimum atomic E-state index is 0.220. The highest BCUT2D eigenvalue weighted by Gasteiger charge is 2.12. The molecule has 0 spiro atoms. The normalized spacial score (nSPS) is 13.3. The number of nitrogens with zero attached hydrogens (tertiary/aromatic N) is 2. The largest absolute Gasteiger partial charge is 0.495 e. The second kappa shape index (κ2) is 14.8. The van der Waals surface area contributed by atoms with Crippen molar-refractivity contribution in [3.63, 3.8) is 0 Å². The average Bonchev–Trinajstić information content (AvgIpc) is 2.88. The zero-order valence-electron chi connectivity index (χ0n) is 21.8. The number of aryl methyl sites for hydroxylation is 1. The Morgan fingerprint density at radius 1 is 1.11 bits per heavy atom. The van der Waals surface area contributed by atoms with Crippen LogP contribution < -0.4 is 21.1 Å². The van der Waals surface area contributed by atoms with E-state index in [-0.39, 0.29) is 6.61 Å². The van der Waals surface area contributed by atoms with Crippen molar-refractivity contribution < 1.29 is 9.84 Å². The van der Waals surface area contributed by atoms with E-state index in [0.717, 1.165) is 59.8 Å². The van der Waals surface area contributed by atoms with Gasteiger partial charge in [-0.25, -0.2) is 4.99 Å². The van der Waals surface area contributed by atoms with Gasteiger partial charge in [-0.05, 0) is 81.0 Å².